The number of unbranched alkanes of at least 4 members (excludes halogenated alkanes) is 7. The van der Waals surface area contributed by atoms with Crippen molar-refractivity contribution in [3.8, 4) is 0 Å². The van der Waals surface area contributed by atoms with E-state index >= 15 is 0 Å². The fraction of sp³-hybridized carbons (Fsp3) is 0.276. The molecule has 0 N–H and O–H groups in total. The van der Waals surface area contributed by atoms with E-state index in [4.69, 9.17) is 0 Å². The molecule has 0 fully saturated rings. The summed E-state index contributed by atoms with van der Waals surface area (Å²) in [5, 5.41) is 9.13. The molecule has 0 radical (unpaired) electrons. The standard InChI is InChI=1S/2C18H12N5.C12H23N2.C9H17N2.CH4.BrH.ClH.2Pt/c2*1-2-8-14-13(7-1)17(21-15-9-3-5-11-19-15)23-18(14)22-16-10-4-6-12-20-16;1-3-4-5-6-7-8-9-14-11-10-13(2)12-14;1-3-4-5-6-11-8-7-10(2)9-11;;;;;/h2*1-12H;10-12H,3-9H2,1-2H3;7-9H,3-6H2,1-2H3;1H4;2*1H;;/q3*-1;+1;;;;2*+2/p-1. The minimum atomic E-state index is 0. The van der Waals surface area contributed by atoms with Crippen molar-refractivity contribution in [3.63, 3.8) is 0 Å². The summed E-state index contributed by atoms with van der Waals surface area (Å²) >= 11 is 1.61. The predicted molar refractivity (Wildman–Crippen MR) is 311 cm³/mol. The van der Waals surface area contributed by atoms with Crippen molar-refractivity contribution >= 4 is 73.0 Å². The summed E-state index contributed by atoms with van der Waals surface area (Å²) in [6, 6.07) is 38.2. The number of aromatic nitrogens is 6. The Morgan fingerprint density at radius 3 is 1.21 bits per heavy atom. The maximum atomic E-state index is 4.61. The second-order valence-corrected chi connectivity index (χ2v) is 16.9. The number of imidazole rings is 1. The smallest absolute Gasteiger partial charge is 0.357 e. The Hall–Kier alpha value is -5.98. The summed E-state index contributed by atoms with van der Waals surface area (Å²) in [7, 11) is 8.73. The van der Waals surface area contributed by atoms with Crippen LogP contribution in [-0.4, -0.2) is 71.2 Å². The Balaban J connectivity index is 0.000000271. The summed E-state index contributed by atoms with van der Waals surface area (Å²) in [5.74, 6) is 4.98. The van der Waals surface area contributed by atoms with Crippen molar-refractivity contribution in [2.45, 2.75) is 85.6 Å². The summed E-state index contributed by atoms with van der Waals surface area (Å²) < 4.78 is 4.31. The van der Waals surface area contributed by atoms with Crippen molar-refractivity contribution < 1.29 is 44.4 Å². The third-order valence-corrected chi connectivity index (χ3v) is 11.2. The van der Waals surface area contributed by atoms with Crippen LogP contribution in [0.2, 0.25) is 0 Å². The Morgan fingerprint density at radius 1 is 0.526 bits per heavy atom. The minimum Gasteiger partial charge on any atom is -0.357 e. The Labute approximate surface area is 491 Å². The summed E-state index contributed by atoms with van der Waals surface area (Å²) in [5.41, 5.74) is 3.81. The third-order valence-electron chi connectivity index (χ3n) is 11.2. The monoisotopic (exact) mass is 1470 g/mol. The molecule has 3 aliphatic rings. The van der Waals surface area contributed by atoms with Gasteiger partial charge in [-0.15, -0.1) is 17.0 Å². The molecule has 0 amide bonds. The average Bonchev–Trinajstić information content (AvgIpc) is 4.23. The van der Waals surface area contributed by atoms with Gasteiger partial charge in [0.2, 0.25) is 6.33 Å². The van der Waals surface area contributed by atoms with Gasteiger partial charge in [-0.3, -0.25) is 19.9 Å². The van der Waals surface area contributed by atoms with Gasteiger partial charge >= 0.3 is 49.3 Å². The van der Waals surface area contributed by atoms with Crippen molar-refractivity contribution in [1.29, 1.82) is 0 Å². The van der Waals surface area contributed by atoms with Gasteiger partial charge in [0.15, 0.2) is 0 Å². The maximum Gasteiger partial charge on any atom is 2.00 e. The predicted octanol–water partition coefficient (Wildman–Crippen LogP) is 14.6. The summed E-state index contributed by atoms with van der Waals surface area (Å²) in [4.78, 5) is 39.4. The van der Waals surface area contributed by atoms with E-state index in [1.54, 1.807) is 43.6 Å². The first-order chi connectivity index (χ1) is 35.9. The summed E-state index contributed by atoms with van der Waals surface area (Å²) in [6.07, 6.45) is 29.6. The van der Waals surface area contributed by atoms with Crippen molar-refractivity contribution in [3.05, 3.63) is 217 Å². The number of aryl methyl sites for hydroxylation is 2. The van der Waals surface area contributed by atoms with E-state index in [9.17, 15) is 0 Å². The van der Waals surface area contributed by atoms with Crippen molar-refractivity contribution in [2.75, 3.05) is 13.6 Å². The number of nitrogens with zero attached hydrogens (tertiary/aromatic N) is 14. The van der Waals surface area contributed by atoms with Crippen LogP contribution in [0.1, 0.15) is 101 Å². The number of aliphatic imine (C=N–C) groups is 4. The number of hydrogen-bond donors (Lipinski definition) is 0. The van der Waals surface area contributed by atoms with Gasteiger partial charge in [-0.25, -0.2) is 9.13 Å². The van der Waals surface area contributed by atoms with Crippen LogP contribution in [0.25, 0.3) is 10.6 Å². The van der Waals surface area contributed by atoms with Crippen LogP contribution in [0.5, 0.6) is 0 Å². The topological polar surface area (TPSA) is 144 Å². The zero-order valence-electron chi connectivity index (χ0n) is 42.8. The van der Waals surface area contributed by atoms with E-state index in [1.807, 2.05) is 121 Å². The molecule has 0 saturated heterocycles. The van der Waals surface area contributed by atoms with E-state index in [2.05, 4.69) is 145 Å². The molecule has 7 aromatic rings. The molecule has 18 heteroatoms. The molecule has 2 aromatic carbocycles. The molecule has 404 valence electrons. The average molecular weight is 1470 g/mol. The molecule has 10 rings (SSSR count). The number of pyridine rings is 4. The second-order valence-electron chi connectivity index (χ2n) is 16.9. The zero-order valence-corrected chi connectivity index (χ0v) is 49.8. The number of rotatable bonds is 15. The van der Waals surface area contributed by atoms with Crippen molar-refractivity contribution in [2.24, 2.45) is 27.0 Å². The second kappa shape index (κ2) is 36.9. The molecular weight excluding hydrogens is 1400 g/mol. The first-order valence-electron chi connectivity index (χ1n) is 24.7. The molecule has 0 spiro atoms. The van der Waals surface area contributed by atoms with Gasteiger partial charge in [-0.05, 0) is 116 Å². The van der Waals surface area contributed by atoms with Gasteiger partial charge in [0, 0.05) is 48.1 Å². The number of fused-ring (bicyclic) bond motifs is 2. The van der Waals surface area contributed by atoms with Gasteiger partial charge in [0.1, 0.15) is 12.4 Å². The van der Waals surface area contributed by atoms with E-state index < -0.39 is 0 Å². The number of halogens is 2. The van der Waals surface area contributed by atoms with Crippen LogP contribution in [0.15, 0.2) is 197 Å². The van der Waals surface area contributed by atoms with Crippen LogP contribution in [0.3, 0.4) is 0 Å². The van der Waals surface area contributed by atoms with Crippen LogP contribution >= 0.6 is 26.4 Å². The number of benzene rings is 2. The molecule has 0 saturated carbocycles. The van der Waals surface area contributed by atoms with E-state index in [1.165, 1.54) is 64.3 Å². The first kappa shape index (κ1) is 64.3. The van der Waals surface area contributed by atoms with Crippen LogP contribution in [0, 0.1) is 6.67 Å². The zero-order chi connectivity index (χ0) is 51.3. The normalized spacial score (nSPS) is 14.4. The van der Waals surface area contributed by atoms with Crippen LogP contribution in [-0.2, 0) is 53.4 Å². The molecular formula is C58H69BrClN14Pt2+. The molecule has 3 aliphatic heterocycles. The quantitative estimate of drug-likeness (QED) is 0.0568. The van der Waals surface area contributed by atoms with Gasteiger partial charge in [0.25, 0.3) is 0 Å². The molecule has 0 aliphatic carbocycles. The van der Waals surface area contributed by atoms with Gasteiger partial charge < -0.3 is 40.4 Å². The Bertz CT molecular complexity index is 2550. The molecule has 0 unspecified atom stereocenters. The van der Waals surface area contributed by atoms with Crippen molar-refractivity contribution in [1.82, 2.24) is 34.3 Å². The largest absolute Gasteiger partial charge is 2.00 e. The van der Waals surface area contributed by atoms with Crippen LogP contribution < -0.4 is 4.57 Å². The van der Waals surface area contributed by atoms with Gasteiger partial charge in [0.05, 0.1) is 36.9 Å². The van der Waals surface area contributed by atoms with Gasteiger partial charge in [-0.2, -0.15) is 6.67 Å². The number of amidine groups is 4. The minimum absolute atomic E-state index is 0. The van der Waals surface area contributed by atoms with Gasteiger partial charge in [-0.1, -0.05) is 133 Å². The molecule has 5 aromatic heterocycles. The SMILES string of the molecule is Br.C.CCCCCCCCN1C=CN(C)[CH-]1.CCCCCn1cc[n+](C)c1.[Cl][Pt+].[Pt+2].c1ccc(N=C2[N-]C(=Nc3ccccn3)c3ccccc32)nc1.c1ccc(N=C2[N-]C(=Nc3ccccn3)c3ccccc32)nc1. The van der Waals surface area contributed by atoms with Crippen LogP contribution in [0.4, 0.5) is 23.3 Å². The Kier molecular flexibility index (Phi) is 31.2. The maximum absolute atomic E-state index is 4.61. The molecule has 0 bridgehead atoms. The van der Waals surface area contributed by atoms with E-state index in [-0.39, 0.29) is 45.5 Å². The molecule has 76 heavy (non-hydrogen) atoms. The summed E-state index contributed by atoms with van der Waals surface area (Å²) in [6.45, 7) is 8.98. The van der Waals surface area contributed by atoms with E-state index in [0.717, 1.165) is 28.8 Å². The fourth-order valence-corrected chi connectivity index (χ4v) is 7.53. The molecule has 14 nitrogen and oxygen atoms in total. The molecule has 0 atom stereocenters. The Morgan fingerprint density at radius 2 is 0.882 bits per heavy atom. The number of hydrogen-bond acceptors (Lipinski definition) is 10. The third kappa shape index (κ3) is 21.6. The van der Waals surface area contributed by atoms with E-state index in [0.29, 0.717) is 46.6 Å². The first-order valence-corrected chi connectivity index (χ1v) is 27.5. The molecule has 8 heterocycles. The fourth-order valence-electron chi connectivity index (χ4n) is 7.53.